The predicted molar refractivity (Wildman–Crippen MR) is 121 cm³/mol. The molecule has 1 aromatic carbocycles. The van der Waals surface area contributed by atoms with Crippen LogP contribution >= 0.6 is 0 Å². The van der Waals surface area contributed by atoms with Crippen LogP contribution in [-0.2, 0) is 6.54 Å². The molecule has 3 N–H and O–H groups in total. The topological polar surface area (TPSA) is 119 Å². The number of unbranched alkanes of at least 4 members (excludes halogenated alkanes) is 1. The number of benzene rings is 1. The van der Waals surface area contributed by atoms with Crippen LogP contribution in [0.2, 0.25) is 0 Å². The van der Waals surface area contributed by atoms with E-state index in [-0.39, 0.29) is 29.7 Å². The average Bonchev–Trinajstić information content (AvgIpc) is 3.22. The van der Waals surface area contributed by atoms with Crippen LogP contribution in [0.5, 0.6) is 0 Å². The quantitative estimate of drug-likeness (QED) is 0.556. The number of amides is 1. The van der Waals surface area contributed by atoms with E-state index in [2.05, 4.69) is 9.97 Å². The minimum absolute atomic E-state index is 0.00374. The van der Waals surface area contributed by atoms with Gasteiger partial charge in [-0.2, -0.15) is 0 Å². The van der Waals surface area contributed by atoms with E-state index in [1.807, 2.05) is 20.8 Å². The Morgan fingerprint density at radius 3 is 2.56 bits per heavy atom. The zero-order valence-electron chi connectivity index (χ0n) is 18.3. The van der Waals surface area contributed by atoms with Crippen LogP contribution < -0.4 is 21.9 Å². The predicted octanol–water partition coefficient (Wildman–Crippen LogP) is 2.55. The molecule has 9 nitrogen and oxygen atoms in total. The van der Waals surface area contributed by atoms with Crippen molar-refractivity contribution in [2.75, 3.05) is 17.2 Å². The molecule has 0 saturated carbocycles. The summed E-state index contributed by atoms with van der Waals surface area (Å²) in [6, 6.07) is 5.60. The highest BCUT2D eigenvalue weighted by molar-refractivity contribution is 6.06. The third kappa shape index (κ3) is 4.63. The minimum Gasteiger partial charge on any atom is -0.383 e. The number of anilines is 2. The molecule has 0 bridgehead atoms. The van der Waals surface area contributed by atoms with Crippen molar-refractivity contribution in [3.8, 4) is 5.69 Å². The van der Waals surface area contributed by atoms with Crippen LogP contribution in [-0.4, -0.2) is 31.6 Å². The zero-order chi connectivity index (χ0) is 23.4. The van der Waals surface area contributed by atoms with Crippen molar-refractivity contribution in [2.24, 2.45) is 5.92 Å². The second-order valence-electron chi connectivity index (χ2n) is 7.93. The molecular weight excluding hydrogens is 415 g/mol. The molecule has 0 aliphatic carbocycles. The zero-order valence-corrected chi connectivity index (χ0v) is 18.3. The van der Waals surface area contributed by atoms with Crippen molar-refractivity contribution in [3.63, 3.8) is 0 Å². The molecule has 170 valence electrons. The van der Waals surface area contributed by atoms with E-state index in [4.69, 9.17) is 5.73 Å². The summed E-state index contributed by atoms with van der Waals surface area (Å²) >= 11 is 0. The molecule has 3 rings (SSSR count). The molecule has 0 unspecified atom stereocenters. The van der Waals surface area contributed by atoms with Gasteiger partial charge in [-0.15, -0.1) is 0 Å². The number of imidazole rings is 1. The summed E-state index contributed by atoms with van der Waals surface area (Å²) in [4.78, 5) is 46.3. The maximum atomic E-state index is 13.6. The van der Waals surface area contributed by atoms with E-state index in [1.165, 1.54) is 50.8 Å². The van der Waals surface area contributed by atoms with Crippen LogP contribution in [0.4, 0.5) is 15.9 Å². The van der Waals surface area contributed by atoms with Gasteiger partial charge >= 0.3 is 5.69 Å². The maximum absolute atomic E-state index is 13.6. The number of rotatable bonds is 8. The fourth-order valence-corrected chi connectivity index (χ4v) is 3.42. The van der Waals surface area contributed by atoms with Gasteiger partial charge in [-0.1, -0.05) is 27.2 Å². The fourth-order valence-electron chi connectivity index (χ4n) is 3.42. The monoisotopic (exact) mass is 442 g/mol. The van der Waals surface area contributed by atoms with Gasteiger partial charge < -0.3 is 5.73 Å². The summed E-state index contributed by atoms with van der Waals surface area (Å²) in [6.45, 7) is 6.28. The second-order valence-corrected chi connectivity index (χ2v) is 7.93. The summed E-state index contributed by atoms with van der Waals surface area (Å²) in [5.41, 5.74) is 5.52. The van der Waals surface area contributed by atoms with Gasteiger partial charge in [-0.3, -0.25) is 28.6 Å². The number of carbonyl (C=O) groups is 1. The largest absolute Gasteiger partial charge is 0.383 e. The number of carbonyl (C=O) groups excluding carboxylic acids is 1. The number of aromatic nitrogens is 4. The maximum Gasteiger partial charge on any atom is 0.330 e. The number of aromatic amines is 1. The highest BCUT2D eigenvalue weighted by atomic mass is 19.1. The molecule has 0 aliphatic heterocycles. The van der Waals surface area contributed by atoms with Crippen LogP contribution in [0.1, 0.15) is 44.1 Å². The van der Waals surface area contributed by atoms with Crippen molar-refractivity contribution >= 4 is 17.4 Å². The van der Waals surface area contributed by atoms with Gasteiger partial charge in [0.2, 0.25) is 0 Å². The highest BCUT2D eigenvalue weighted by Crippen LogP contribution is 2.22. The number of H-pyrrole nitrogens is 1. The second kappa shape index (κ2) is 9.63. The summed E-state index contributed by atoms with van der Waals surface area (Å²) in [5.74, 6) is -0.986. The molecule has 0 atom stereocenters. The van der Waals surface area contributed by atoms with E-state index in [0.717, 1.165) is 6.42 Å². The SMILES string of the molecule is CCCCn1c(N)c(N(CC(C)C)C(=O)c2cncn2-c2ccc(F)cc2)c(=O)[nH]c1=O. The Hall–Kier alpha value is -3.69. The lowest BCUT2D eigenvalue weighted by molar-refractivity contribution is 0.0977. The molecule has 1 amide bonds. The van der Waals surface area contributed by atoms with Gasteiger partial charge in [0, 0.05) is 18.8 Å². The Morgan fingerprint density at radius 1 is 1.25 bits per heavy atom. The third-order valence-corrected chi connectivity index (χ3v) is 4.97. The lowest BCUT2D eigenvalue weighted by Gasteiger charge is -2.26. The van der Waals surface area contributed by atoms with Crippen molar-refractivity contribution in [1.82, 2.24) is 19.1 Å². The molecule has 0 aliphatic rings. The molecular formula is C22H27FN6O3. The molecule has 0 fully saturated rings. The van der Waals surface area contributed by atoms with E-state index in [9.17, 15) is 18.8 Å². The van der Waals surface area contributed by atoms with E-state index in [0.29, 0.717) is 18.7 Å². The molecule has 3 aromatic rings. The average molecular weight is 442 g/mol. The van der Waals surface area contributed by atoms with Crippen molar-refractivity contribution in [2.45, 2.75) is 40.2 Å². The van der Waals surface area contributed by atoms with E-state index in [1.54, 1.807) is 0 Å². The minimum atomic E-state index is -0.734. The normalized spacial score (nSPS) is 11.2. The van der Waals surface area contributed by atoms with E-state index < -0.39 is 23.0 Å². The van der Waals surface area contributed by atoms with Gasteiger partial charge in [0.05, 0.1) is 12.5 Å². The molecule has 2 aromatic heterocycles. The Balaban J connectivity index is 2.13. The van der Waals surface area contributed by atoms with Crippen LogP contribution in [0, 0.1) is 11.7 Å². The summed E-state index contributed by atoms with van der Waals surface area (Å²) in [5, 5.41) is 0. The van der Waals surface area contributed by atoms with Crippen LogP contribution in [0.3, 0.4) is 0 Å². The summed E-state index contributed by atoms with van der Waals surface area (Å²) in [7, 11) is 0. The molecule has 10 heteroatoms. The third-order valence-electron chi connectivity index (χ3n) is 4.97. The van der Waals surface area contributed by atoms with Gasteiger partial charge in [0.1, 0.15) is 17.3 Å². The number of nitrogens with zero attached hydrogens (tertiary/aromatic N) is 4. The Morgan fingerprint density at radius 2 is 1.94 bits per heavy atom. The first-order valence-electron chi connectivity index (χ1n) is 10.5. The Kier molecular flexibility index (Phi) is 6.92. The summed E-state index contributed by atoms with van der Waals surface area (Å²) in [6.07, 6.45) is 4.32. The highest BCUT2D eigenvalue weighted by Gasteiger charge is 2.28. The smallest absolute Gasteiger partial charge is 0.330 e. The van der Waals surface area contributed by atoms with Crippen LogP contribution in [0.25, 0.3) is 5.69 Å². The first kappa shape index (κ1) is 23.0. The van der Waals surface area contributed by atoms with Gasteiger partial charge in [0.25, 0.3) is 11.5 Å². The fraction of sp³-hybridized carbons (Fsp3) is 0.364. The Labute approximate surface area is 184 Å². The number of hydrogen-bond donors (Lipinski definition) is 2. The van der Waals surface area contributed by atoms with Crippen LogP contribution in [0.15, 0.2) is 46.4 Å². The molecule has 32 heavy (non-hydrogen) atoms. The number of hydrogen-bond acceptors (Lipinski definition) is 5. The van der Waals surface area contributed by atoms with Crippen molar-refractivity contribution < 1.29 is 9.18 Å². The number of nitrogens with one attached hydrogen (secondary N) is 1. The summed E-state index contributed by atoms with van der Waals surface area (Å²) < 4.78 is 16.1. The van der Waals surface area contributed by atoms with Gasteiger partial charge in [-0.05, 0) is 36.6 Å². The van der Waals surface area contributed by atoms with Crippen molar-refractivity contribution in [3.05, 3.63) is 69.1 Å². The van der Waals surface area contributed by atoms with Gasteiger partial charge in [-0.25, -0.2) is 14.2 Å². The van der Waals surface area contributed by atoms with Crippen molar-refractivity contribution in [1.29, 1.82) is 0 Å². The molecule has 2 heterocycles. The number of halogens is 1. The molecule has 0 radical (unpaired) electrons. The molecule has 0 saturated heterocycles. The molecule has 0 spiro atoms. The first-order chi connectivity index (χ1) is 15.2. The lowest BCUT2D eigenvalue weighted by Crippen LogP contribution is -2.43. The van der Waals surface area contributed by atoms with Gasteiger partial charge in [0.15, 0.2) is 5.69 Å². The number of nitrogen functional groups attached to an aromatic ring is 1. The van der Waals surface area contributed by atoms with E-state index >= 15 is 0 Å². The standard InChI is InChI=1S/C22H27FN6O3/c1-4-5-10-27-19(24)18(20(30)26-22(27)32)28(12-14(2)3)21(31)17-11-25-13-29(17)16-8-6-15(23)7-9-16/h6-9,11,13-14H,4-5,10,12,24H2,1-3H3,(H,26,30,32). The Bertz CT molecular complexity index is 1210. The lowest BCUT2D eigenvalue weighted by atomic mass is 10.2. The number of nitrogens with two attached hydrogens (primary N) is 1. The first-order valence-corrected chi connectivity index (χ1v) is 10.5.